The molecule has 0 bridgehead atoms. The number of hydrogen-bond acceptors (Lipinski definition) is 2. The number of rotatable bonds is 6. The summed E-state index contributed by atoms with van der Waals surface area (Å²) in [6.07, 6.45) is 7.48. The van der Waals surface area contributed by atoms with Gasteiger partial charge in [0, 0.05) is 35.5 Å². The molecule has 7 aromatic carbocycles. The number of benzene rings is 7. The second-order valence-electron chi connectivity index (χ2n) is 13.6. The molecular formula is C54H52N2. The average Bonchev–Trinajstić information content (AvgIpc) is 3.33. The number of anilines is 4. The Bertz CT molecular complexity index is 2360. The van der Waals surface area contributed by atoms with E-state index in [1.807, 2.05) is 26.0 Å². The predicted octanol–water partition coefficient (Wildman–Crippen LogP) is 15.0. The lowest BCUT2D eigenvalue weighted by Crippen LogP contribution is -2.15. The van der Waals surface area contributed by atoms with Gasteiger partial charge in [0.1, 0.15) is 0 Å². The Kier molecular flexibility index (Phi) is 13.3. The summed E-state index contributed by atoms with van der Waals surface area (Å²) in [6.45, 7) is 12.8. The zero-order chi connectivity index (χ0) is 39.3. The van der Waals surface area contributed by atoms with E-state index in [2.05, 4.69) is 225 Å². The van der Waals surface area contributed by atoms with E-state index in [9.17, 15) is 0 Å². The average molecular weight is 729 g/mol. The van der Waals surface area contributed by atoms with Crippen LogP contribution in [0.5, 0.6) is 0 Å². The van der Waals surface area contributed by atoms with Gasteiger partial charge in [-0.15, -0.1) is 0 Å². The Morgan fingerprint density at radius 3 is 1.68 bits per heavy atom. The van der Waals surface area contributed by atoms with Crippen molar-refractivity contribution in [2.45, 2.75) is 34.1 Å². The minimum absolute atomic E-state index is 0.831. The maximum atomic E-state index is 4.46. The molecule has 1 aliphatic rings. The van der Waals surface area contributed by atoms with Gasteiger partial charge in [-0.1, -0.05) is 166 Å². The summed E-state index contributed by atoms with van der Waals surface area (Å²) in [5.41, 5.74) is 16.9. The molecule has 0 saturated carbocycles. The molecule has 2 nitrogen and oxygen atoms in total. The van der Waals surface area contributed by atoms with Crippen LogP contribution in [0.15, 0.2) is 212 Å². The fraction of sp³-hybridized carbons (Fsp3) is 0.111. The molecule has 0 radical (unpaired) electrons. The molecular weight excluding hydrogens is 677 g/mol. The Morgan fingerprint density at radius 2 is 1.04 bits per heavy atom. The second-order valence-corrected chi connectivity index (χ2v) is 13.6. The monoisotopic (exact) mass is 728 g/mol. The van der Waals surface area contributed by atoms with E-state index < -0.39 is 0 Å². The number of aryl methyl sites for hydroxylation is 2. The smallest absolute Gasteiger partial charge is 0.0496 e. The van der Waals surface area contributed by atoms with E-state index >= 15 is 0 Å². The summed E-state index contributed by atoms with van der Waals surface area (Å²) in [7, 11) is 2.10. The van der Waals surface area contributed by atoms with Crippen LogP contribution in [0.1, 0.15) is 36.1 Å². The molecule has 0 amide bonds. The minimum atomic E-state index is 0.831. The quantitative estimate of drug-likeness (QED) is 0.168. The van der Waals surface area contributed by atoms with Crippen LogP contribution in [-0.4, -0.2) is 7.05 Å². The first-order chi connectivity index (χ1) is 27.5. The molecule has 1 aliphatic heterocycles. The van der Waals surface area contributed by atoms with Crippen LogP contribution in [0.2, 0.25) is 0 Å². The van der Waals surface area contributed by atoms with Gasteiger partial charge in [-0.25, -0.2) is 0 Å². The topological polar surface area (TPSA) is 6.48 Å². The molecule has 1 heterocycles. The van der Waals surface area contributed by atoms with Gasteiger partial charge in [0.25, 0.3) is 0 Å². The molecule has 0 spiro atoms. The normalized spacial score (nSPS) is 13.5. The standard InChI is InChI=1S/C38H32N2.C14H14.C2H6/c1-29-20-21-30(22-23-32-12-9-10-19-38(32)40(29)37-17-7-4-8-18-37)33-13-11-14-34(28-33)31-24-26-36(27-25-31)39(2)35-15-5-3-6-16-35;1-11-7-3-5-9-13(11)14-10-6-4-8-12(14)2;1-2/h3-22,24-28H,1,23H2,2H3;3-10H,1-2H3;1-2H3/b21-20-,30-22+;;. The number of nitrogens with zero attached hydrogens (tertiary/aromatic N) is 2. The molecule has 0 N–H and O–H groups in total. The third-order valence-electron chi connectivity index (χ3n) is 10.0. The molecule has 0 aliphatic carbocycles. The molecule has 56 heavy (non-hydrogen) atoms. The van der Waals surface area contributed by atoms with E-state index in [4.69, 9.17) is 0 Å². The summed E-state index contributed by atoms with van der Waals surface area (Å²) in [6, 6.07) is 64.1. The van der Waals surface area contributed by atoms with Crippen molar-refractivity contribution in [3.8, 4) is 22.3 Å². The van der Waals surface area contributed by atoms with Crippen molar-refractivity contribution in [3.63, 3.8) is 0 Å². The van der Waals surface area contributed by atoms with Gasteiger partial charge in [-0.05, 0) is 125 Å². The van der Waals surface area contributed by atoms with Crippen molar-refractivity contribution in [1.29, 1.82) is 0 Å². The molecule has 278 valence electrons. The molecule has 8 rings (SSSR count). The molecule has 0 unspecified atom stereocenters. The zero-order valence-electron chi connectivity index (χ0n) is 33.4. The largest absolute Gasteiger partial charge is 0.345 e. The first-order valence-corrected chi connectivity index (χ1v) is 19.6. The first kappa shape index (κ1) is 39.1. The first-order valence-electron chi connectivity index (χ1n) is 19.6. The summed E-state index contributed by atoms with van der Waals surface area (Å²) < 4.78 is 0. The highest BCUT2D eigenvalue weighted by atomic mass is 15.1. The van der Waals surface area contributed by atoms with Crippen molar-refractivity contribution in [3.05, 3.63) is 235 Å². The highest BCUT2D eigenvalue weighted by Gasteiger charge is 2.16. The lowest BCUT2D eigenvalue weighted by atomic mass is 9.97. The van der Waals surface area contributed by atoms with Gasteiger partial charge in [0.05, 0.1) is 0 Å². The zero-order valence-corrected chi connectivity index (χ0v) is 33.4. The third kappa shape index (κ3) is 9.35. The maximum absolute atomic E-state index is 4.46. The van der Waals surface area contributed by atoms with Crippen LogP contribution < -0.4 is 9.80 Å². The van der Waals surface area contributed by atoms with Crippen molar-refractivity contribution in [2.75, 3.05) is 16.8 Å². The second kappa shape index (κ2) is 19.1. The fourth-order valence-electron chi connectivity index (χ4n) is 7.01. The maximum Gasteiger partial charge on any atom is 0.0496 e. The van der Waals surface area contributed by atoms with Gasteiger partial charge < -0.3 is 9.80 Å². The number of hydrogen-bond donors (Lipinski definition) is 0. The van der Waals surface area contributed by atoms with Gasteiger partial charge in [0.15, 0.2) is 0 Å². The van der Waals surface area contributed by atoms with Crippen LogP contribution in [0.25, 0.3) is 27.8 Å². The highest BCUT2D eigenvalue weighted by Crippen LogP contribution is 2.36. The van der Waals surface area contributed by atoms with Gasteiger partial charge in [-0.3, -0.25) is 0 Å². The van der Waals surface area contributed by atoms with Gasteiger partial charge in [0.2, 0.25) is 0 Å². The number of allylic oxidation sites excluding steroid dienone is 4. The Morgan fingerprint density at radius 1 is 0.500 bits per heavy atom. The van der Waals surface area contributed by atoms with E-state index in [0.717, 1.165) is 29.2 Å². The summed E-state index contributed by atoms with van der Waals surface area (Å²) in [5, 5.41) is 0. The van der Waals surface area contributed by atoms with E-state index in [-0.39, 0.29) is 0 Å². The van der Waals surface area contributed by atoms with Crippen LogP contribution in [-0.2, 0) is 6.42 Å². The van der Waals surface area contributed by atoms with E-state index in [0.29, 0.717) is 0 Å². The Labute approximate surface area is 335 Å². The Balaban J connectivity index is 0.000000278. The fourth-order valence-corrected chi connectivity index (χ4v) is 7.01. The third-order valence-corrected chi connectivity index (χ3v) is 10.0. The minimum Gasteiger partial charge on any atom is -0.345 e. The van der Waals surface area contributed by atoms with E-state index in [1.54, 1.807) is 0 Å². The summed E-state index contributed by atoms with van der Waals surface area (Å²) in [5.74, 6) is 0. The molecule has 0 atom stereocenters. The lowest BCUT2D eigenvalue weighted by molar-refractivity contribution is 1.17. The SMILES string of the molecule is C=C1/C=C\C(c2cccc(-c3ccc(N(C)c4ccccc4)cc3)c2)=C/Cc2ccccc2N1c1ccccc1.CC.Cc1ccccc1-c1ccccc1C. The van der Waals surface area contributed by atoms with Crippen LogP contribution >= 0.6 is 0 Å². The van der Waals surface area contributed by atoms with Crippen LogP contribution in [0.3, 0.4) is 0 Å². The molecule has 2 heteroatoms. The van der Waals surface area contributed by atoms with Crippen molar-refractivity contribution in [2.24, 2.45) is 0 Å². The van der Waals surface area contributed by atoms with Crippen molar-refractivity contribution in [1.82, 2.24) is 0 Å². The molecule has 0 fully saturated rings. The lowest BCUT2D eigenvalue weighted by Gasteiger charge is -2.27. The summed E-state index contributed by atoms with van der Waals surface area (Å²) >= 11 is 0. The summed E-state index contributed by atoms with van der Waals surface area (Å²) in [4.78, 5) is 4.45. The van der Waals surface area contributed by atoms with Crippen LogP contribution in [0.4, 0.5) is 22.7 Å². The van der Waals surface area contributed by atoms with Crippen LogP contribution in [0, 0.1) is 13.8 Å². The number of para-hydroxylation sites is 3. The van der Waals surface area contributed by atoms with Crippen molar-refractivity contribution >= 4 is 28.3 Å². The molecule has 0 aromatic heterocycles. The molecule has 7 aromatic rings. The van der Waals surface area contributed by atoms with Gasteiger partial charge >= 0.3 is 0 Å². The predicted molar refractivity (Wildman–Crippen MR) is 244 cm³/mol. The number of fused-ring (bicyclic) bond motifs is 1. The Hall–Kier alpha value is -6.64. The highest BCUT2D eigenvalue weighted by molar-refractivity contribution is 5.81. The van der Waals surface area contributed by atoms with Crippen molar-refractivity contribution < 1.29 is 0 Å². The molecule has 0 saturated heterocycles. The van der Waals surface area contributed by atoms with E-state index in [1.165, 1.54) is 55.8 Å². The van der Waals surface area contributed by atoms with Gasteiger partial charge in [-0.2, -0.15) is 0 Å².